The van der Waals surface area contributed by atoms with Gasteiger partial charge in [-0.2, -0.15) is 5.10 Å². The Labute approximate surface area is 106 Å². The molecule has 1 amide bonds. The second-order valence-corrected chi connectivity index (χ2v) is 5.22. The van der Waals surface area contributed by atoms with Crippen LogP contribution in [0.1, 0.15) is 27.2 Å². The van der Waals surface area contributed by atoms with Gasteiger partial charge in [0, 0.05) is 25.4 Å². The summed E-state index contributed by atoms with van der Waals surface area (Å²) >= 11 is 0. The highest BCUT2D eigenvalue weighted by molar-refractivity contribution is 5.84. The van der Waals surface area contributed by atoms with Crippen molar-refractivity contribution in [2.24, 2.45) is 5.41 Å². The first-order valence-electron chi connectivity index (χ1n) is 5.80. The molecule has 0 aromatic carbocycles. The van der Waals surface area contributed by atoms with Crippen molar-refractivity contribution in [2.75, 3.05) is 0 Å². The van der Waals surface area contributed by atoms with E-state index in [1.807, 2.05) is 0 Å². The highest BCUT2D eigenvalue weighted by atomic mass is 16.4. The van der Waals surface area contributed by atoms with Crippen molar-refractivity contribution < 1.29 is 14.7 Å². The molecule has 1 atom stereocenters. The summed E-state index contributed by atoms with van der Waals surface area (Å²) in [7, 11) is 0. The predicted octanol–water partition coefficient (Wildman–Crippen LogP) is 0.889. The first-order valence-corrected chi connectivity index (χ1v) is 5.80. The smallest absolute Gasteiger partial charge is 0.326 e. The fourth-order valence-corrected chi connectivity index (χ4v) is 1.53. The summed E-state index contributed by atoms with van der Waals surface area (Å²) in [5, 5.41) is 15.6. The molecule has 0 radical (unpaired) electrons. The number of carbonyl (C=O) groups is 2. The molecule has 0 saturated heterocycles. The molecule has 100 valence electrons. The van der Waals surface area contributed by atoms with Gasteiger partial charge in [-0.1, -0.05) is 20.8 Å². The fraction of sp³-hybridized carbons (Fsp3) is 0.583. The zero-order chi connectivity index (χ0) is 13.8. The molecule has 0 fully saturated rings. The summed E-state index contributed by atoms with van der Waals surface area (Å²) in [6.45, 7) is 5.77. The molecule has 6 heteroatoms. The summed E-state index contributed by atoms with van der Waals surface area (Å²) < 4.78 is 1.63. The van der Waals surface area contributed by atoms with Gasteiger partial charge in [0.1, 0.15) is 6.04 Å². The van der Waals surface area contributed by atoms with E-state index in [2.05, 4.69) is 10.4 Å². The quantitative estimate of drug-likeness (QED) is 0.816. The summed E-state index contributed by atoms with van der Waals surface area (Å²) in [6.07, 6.45) is 3.60. The molecule has 1 aromatic heterocycles. The topological polar surface area (TPSA) is 84.2 Å². The van der Waals surface area contributed by atoms with Crippen molar-refractivity contribution in [1.82, 2.24) is 15.1 Å². The van der Waals surface area contributed by atoms with Crippen molar-refractivity contribution in [1.29, 1.82) is 0 Å². The van der Waals surface area contributed by atoms with Crippen molar-refractivity contribution in [3.8, 4) is 0 Å². The van der Waals surface area contributed by atoms with Crippen molar-refractivity contribution >= 4 is 11.9 Å². The second-order valence-electron chi connectivity index (χ2n) is 5.22. The Hall–Kier alpha value is -1.85. The third-order valence-corrected chi connectivity index (χ3v) is 2.55. The van der Waals surface area contributed by atoms with E-state index in [9.17, 15) is 9.59 Å². The maximum Gasteiger partial charge on any atom is 0.326 e. The van der Waals surface area contributed by atoms with Crippen molar-refractivity contribution in [3.63, 3.8) is 0 Å². The first-order chi connectivity index (χ1) is 8.30. The first kappa shape index (κ1) is 14.2. The van der Waals surface area contributed by atoms with Crippen molar-refractivity contribution in [3.05, 3.63) is 18.5 Å². The lowest BCUT2D eigenvalue weighted by atomic mass is 9.86. The van der Waals surface area contributed by atoms with Gasteiger partial charge in [-0.3, -0.25) is 9.48 Å². The Morgan fingerprint density at radius 3 is 2.56 bits per heavy atom. The maximum atomic E-state index is 11.7. The number of aromatic nitrogens is 2. The van der Waals surface area contributed by atoms with Gasteiger partial charge in [0.05, 0.1) is 0 Å². The highest BCUT2D eigenvalue weighted by Crippen LogP contribution is 2.19. The van der Waals surface area contributed by atoms with Gasteiger partial charge in [-0.25, -0.2) is 4.79 Å². The van der Waals surface area contributed by atoms with Crippen LogP contribution in [0.5, 0.6) is 0 Å². The minimum atomic E-state index is -1.02. The third kappa shape index (κ3) is 4.20. The number of carbonyl (C=O) groups excluding carboxylic acids is 1. The molecule has 1 rings (SSSR count). The van der Waals surface area contributed by atoms with Crippen LogP contribution in [0.25, 0.3) is 0 Å². The van der Waals surface area contributed by atoms with E-state index in [-0.39, 0.29) is 12.3 Å². The Bertz CT molecular complexity index is 407. The van der Waals surface area contributed by atoms with E-state index >= 15 is 0 Å². The molecule has 18 heavy (non-hydrogen) atoms. The number of nitrogens with one attached hydrogen (secondary N) is 1. The minimum Gasteiger partial charge on any atom is -0.480 e. The van der Waals surface area contributed by atoms with Gasteiger partial charge in [-0.05, 0) is 11.5 Å². The highest BCUT2D eigenvalue weighted by Gasteiger charge is 2.32. The normalized spacial score (nSPS) is 13.1. The maximum absolute atomic E-state index is 11.7. The standard InChI is InChI=1S/C12H19N3O3/c1-12(2,3)10(11(17)18)14-9(16)5-8-15-7-4-6-13-15/h4,6-7,10H,5,8H2,1-3H3,(H,14,16)(H,17,18). The van der Waals surface area contributed by atoms with Gasteiger partial charge in [0.15, 0.2) is 0 Å². The third-order valence-electron chi connectivity index (χ3n) is 2.55. The van der Waals surface area contributed by atoms with Crippen molar-refractivity contribution in [2.45, 2.75) is 39.8 Å². The Morgan fingerprint density at radius 2 is 2.11 bits per heavy atom. The zero-order valence-corrected chi connectivity index (χ0v) is 10.9. The Balaban J connectivity index is 2.49. The monoisotopic (exact) mass is 253 g/mol. The number of hydrogen-bond acceptors (Lipinski definition) is 3. The predicted molar refractivity (Wildman–Crippen MR) is 65.9 cm³/mol. The molecule has 2 N–H and O–H groups in total. The fourth-order valence-electron chi connectivity index (χ4n) is 1.53. The number of carboxylic acid groups (broad SMARTS) is 1. The lowest BCUT2D eigenvalue weighted by molar-refractivity contribution is -0.145. The van der Waals surface area contributed by atoms with Crippen LogP contribution in [0, 0.1) is 5.41 Å². The van der Waals surface area contributed by atoms with E-state index in [4.69, 9.17) is 5.11 Å². The molecule has 1 unspecified atom stereocenters. The van der Waals surface area contributed by atoms with E-state index in [0.29, 0.717) is 6.54 Å². The zero-order valence-electron chi connectivity index (χ0n) is 10.9. The number of rotatable bonds is 5. The summed E-state index contributed by atoms with van der Waals surface area (Å²) in [5.41, 5.74) is -0.521. The van der Waals surface area contributed by atoms with Gasteiger partial charge in [-0.15, -0.1) is 0 Å². The molecule has 0 bridgehead atoms. The molecular weight excluding hydrogens is 234 g/mol. The number of hydrogen-bond donors (Lipinski definition) is 2. The van der Waals surface area contributed by atoms with Crippen LogP contribution in [0.2, 0.25) is 0 Å². The van der Waals surface area contributed by atoms with Crippen LogP contribution in [-0.4, -0.2) is 32.8 Å². The number of aliphatic carboxylic acids is 1. The number of carboxylic acids is 1. The largest absolute Gasteiger partial charge is 0.480 e. The molecular formula is C12H19N3O3. The average Bonchev–Trinajstić information content (AvgIpc) is 2.73. The van der Waals surface area contributed by atoms with E-state index in [0.717, 1.165) is 0 Å². The van der Waals surface area contributed by atoms with Crippen LogP contribution >= 0.6 is 0 Å². The lowest BCUT2D eigenvalue weighted by Gasteiger charge is -2.27. The summed E-state index contributed by atoms with van der Waals surface area (Å²) in [6, 6.07) is 0.884. The SMILES string of the molecule is CC(C)(C)C(NC(=O)CCn1cccn1)C(=O)O. The molecule has 0 aliphatic rings. The Morgan fingerprint density at radius 1 is 1.44 bits per heavy atom. The van der Waals surface area contributed by atoms with Crippen LogP contribution in [-0.2, 0) is 16.1 Å². The molecule has 0 spiro atoms. The molecule has 0 aliphatic carbocycles. The van der Waals surface area contributed by atoms with E-state index in [1.165, 1.54) is 0 Å². The van der Waals surface area contributed by atoms with Gasteiger partial charge in [0.25, 0.3) is 0 Å². The second kappa shape index (κ2) is 5.66. The molecule has 6 nitrogen and oxygen atoms in total. The number of aryl methyl sites for hydroxylation is 1. The summed E-state index contributed by atoms with van der Waals surface area (Å²) in [5.74, 6) is -1.30. The van der Waals surface area contributed by atoms with E-state index < -0.39 is 17.4 Å². The van der Waals surface area contributed by atoms with Crippen LogP contribution < -0.4 is 5.32 Å². The van der Waals surface area contributed by atoms with E-state index in [1.54, 1.807) is 43.9 Å². The average molecular weight is 253 g/mol. The molecule has 0 saturated carbocycles. The number of nitrogens with zero attached hydrogens (tertiary/aromatic N) is 2. The van der Waals surface area contributed by atoms with Gasteiger partial charge in [0.2, 0.25) is 5.91 Å². The van der Waals surface area contributed by atoms with Crippen LogP contribution in [0.3, 0.4) is 0 Å². The van der Waals surface area contributed by atoms with Gasteiger partial charge < -0.3 is 10.4 Å². The molecule has 1 heterocycles. The molecule has 0 aliphatic heterocycles. The Kier molecular flexibility index (Phi) is 4.47. The minimum absolute atomic E-state index is 0.210. The van der Waals surface area contributed by atoms with Gasteiger partial charge >= 0.3 is 5.97 Å². The number of amides is 1. The summed E-state index contributed by atoms with van der Waals surface area (Å²) in [4.78, 5) is 22.8. The molecule has 1 aromatic rings. The van der Waals surface area contributed by atoms with Crippen LogP contribution in [0.15, 0.2) is 18.5 Å². The lowest BCUT2D eigenvalue weighted by Crippen LogP contribution is -2.49. The van der Waals surface area contributed by atoms with Crippen LogP contribution in [0.4, 0.5) is 0 Å².